The zero-order valence-electron chi connectivity index (χ0n) is 15.7. The Labute approximate surface area is 175 Å². The number of halogens is 1. The minimum atomic E-state index is -1.38. The number of hydrogen-bond donors (Lipinski definition) is 1. The Balaban J connectivity index is 1.44. The maximum atomic E-state index is 12.8. The van der Waals surface area contributed by atoms with Gasteiger partial charge in [0.1, 0.15) is 6.10 Å². The maximum Gasteiger partial charge on any atom is 0.324 e. The van der Waals surface area contributed by atoms with Crippen LogP contribution in [-0.2, 0) is 23.9 Å². The van der Waals surface area contributed by atoms with Crippen LogP contribution in [0.1, 0.15) is 26.7 Å². The van der Waals surface area contributed by atoms with Crippen LogP contribution in [0.25, 0.3) is 11.4 Å². The fraction of sp³-hybridized carbons (Fsp3) is 0.421. The van der Waals surface area contributed by atoms with Gasteiger partial charge in [-0.05, 0) is 26.0 Å². The summed E-state index contributed by atoms with van der Waals surface area (Å²) in [5, 5.41) is 7.79. The number of aromatic nitrogens is 3. The monoisotopic (exact) mass is 435 g/mol. The molecule has 0 saturated carbocycles. The Hall–Kier alpha value is -2.39. The van der Waals surface area contributed by atoms with E-state index in [1.807, 2.05) is 18.2 Å². The number of rotatable bonds is 5. The lowest BCUT2D eigenvalue weighted by molar-refractivity contribution is -0.162. The minimum absolute atomic E-state index is 0.00965. The second-order valence-electron chi connectivity index (χ2n) is 7.46. The second kappa shape index (κ2) is 7.14. The third-order valence-corrected chi connectivity index (χ3v) is 6.38. The molecule has 2 saturated heterocycles. The molecule has 8 nitrogen and oxygen atoms in total. The number of H-pyrrole nitrogens is 1. The smallest absolute Gasteiger partial charge is 0.324 e. The number of ether oxygens (including phenoxy) is 2. The van der Waals surface area contributed by atoms with Gasteiger partial charge < -0.3 is 9.47 Å². The second-order valence-corrected chi connectivity index (χ2v) is 8.81. The standard InChI is InChI=1S/C19H18ClN3O5S/c1-10-7-19(15(25)27-10)9-18(2,28-16(19)26)13(24)8-29-17-21-14(22-23-17)11-5-3-4-6-12(11)20/h3-6,10H,7-9H2,1-2H3,(H,21,22,23)/t10-,18-,19+/m1/s1. The lowest BCUT2D eigenvalue weighted by atomic mass is 9.77. The van der Waals surface area contributed by atoms with E-state index < -0.39 is 23.0 Å². The number of esters is 2. The highest BCUT2D eigenvalue weighted by Crippen LogP contribution is 2.49. The Morgan fingerprint density at radius 3 is 2.79 bits per heavy atom. The number of thioether (sulfide) groups is 1. The first kappa shape index (κ1) is 19.9. The number of aromatic amines is 1. The molecule has 2 aromatic rings. The Bertz CT molecular complexity index is 1010. The average molecular weight is 436 g/mol. The van der Waals surface area contributed by atoms with Gasteiger partial charge in [-0.1, -0.05) is 35.5 Å². The fourth-order valence-corrected chi connectivity index (χ4v) is 4.79. The first-order valence-corrected chi connectivity index (χ1v) is 10.4. The van der Waals surface area contributed by atoms with Crippen molar-refractivity contribution in [3.63, 3.8) is 0 Å². The van der Waals surface area contributed by atoms with Crippen LogP contribution in [0.5, 0.6) is 0 Å². The van der Waals surface area contributed by atoms with Crippen LogP contribution in [0.3, 0.4) is 0 Å². The average Bonchev–Trinajstić information content (AvgIpc) is 3.31. The minimum Gasteiger partial charge on any atom is -0.462 e. The SMILES string of the molecule is C[C@@H]1C[C@]2(C[C@](C)(C(=O)CSc3n[nH]c(-c4ccccc4Cl)n3)OC2=O)C(=O)O1. The molecule has 0 radical (unpaired) electrons. The summed E-state index contributed by atoms with van der Waals surface area (Å²) in [6.07, 6.45) is -0.165. The summed E-state index contributed by atoms with van der Waals surface area (Å²) >= 11 is 7.28. The molecule has 10 heteroatoms. The molecule has 1 spiro atoms. The van der Waals surface area contributed by atoms with Crippen LogP contribution in [0, 0.1) is 5.41 Å². The molecule has 2 aliphatic heterocycles. The van der Waals surface area contributed by atoms with Gasteiger partial charge in [0.05, 0.1) is 10.8 Å². The number of benzene rings is 1. The predicted octanol–water partition coefficient (Wildman–Crippen LogP) is 2.81. The maximum absolute atomic E-state index is 12.8. The lowest BCUT2D eigenvalue weighted by Crippen LogP contribution is -2.38. The number of cyclic esters (lactones) is 2. The summed E-state index contributed by atoms with van der Waals surface area (Å²) < 4.78 is 10.5. The number of carbonyl (C=O) groups is 3. The summed E-state index contributed by atoms with van der Waals surface area (Å²) in [4.78, 5) is 41.8. The summed E-state index contributed by atoms with van der Waals surface area (Å²) in [5.74, 6) is -1.14. The van der Waals surface area contributed by atoms with Crippen molar-refractivity contribution in [2.24, 2.45) is 5.41 Å². The van der Waals surface area contributed by atoms with Crippen molar-refractivity contribution in [1.29, 1.82) is 0 Å². The first-order valence-electron chi connectivity index (χ1n) is 9.01. The van der Waals surface area contributed by atoms with Gasteiger partial charge in [0.25, 0.3) is 0 Å². The molecule has 2 aliphatic rings. The highest BCUT2D eigenvalue weighted by molar-refractivity contribution is 7.99. The number of nitrogens with one attached hydrogen (secondary N) is 1. The van der Waals surface area contributed by atoms with Crippen molar-refractivity contribution >= 4 is 41.1 Å². The molecule has 4 rings (SSSR count). The van der Waals surface area contributed by atoms with Gasteiger partial charge in [-0.15, -0.1) is 5.10 Å². The summed E-state index contributed by atoms with van der Waals surface area (Å²) in [7, 11) is 0. The van der Waals surface area contributed by atoms with Crippen LogP contribution < -0.4 is 0 Å². The molecule has 1 aromatic carbocycles. The number of carbonyl (C=O) groups excluding carboxylic acids is 3. The molecule has 1 N–H and O–H groups in total. The van der Waals surface area contributed by atoms with Crippen LogP contribution in [0.4, 0.5) is 0 Å². The van der Waals surface area contributed by atoms with Gasteiger partial charge in [-0.3, -0.25) is 19.5 Å². The van der Waals surface area contributed by atoms with Gasteiger partial charge in [-0.25, -0.2) is 4.98 Å². The van der Waals surface area contributed by atoms with Crippen molar-refractivity contribution in [2.75, 3.05) is 5.75 Å². The molecule has 0 aliphatic carbocycles. The number of nitrogens with zero attached hydrogens (tertiary/aromatic N) is 2. The van der Waals surface area contributed by atoms with Crippen molar-refractivity contribution in [2.45, 2.75) is 43.6 Å². The predicted molar refractivity (Wildman–Crippen MR) is 104 cm³/mol. The van der Waals surface area contributed by atoms with Crippen molar-refractivity contribution < 1.29 is 23.9 Å². The third-order valence-electron chi connectivity index (χ3n) is 5.20. The van der Waals surface area contributed by atoms with Crippen LogP contribution in [-0.4, -0.2) is 50.4 Å². The van der Waals surface area contributed by atoms with E-state index in [9.17, 15) is 14.4 Å². The molecule has 1 aromatic heterocycles. The number of Topliss-reactive ketones (excluding diaryl/α,β-unsaturated/α-hetero) is 1. The molecule has 29 heavy (non-hydrogen) atoms. The first-order chi connectivity index (χ1) is 13.7. The van der Waals surface area contributed by atoms with Crippen LogP contribution in [0.15, 0.2) is 29.4 Å². The highest BCUT2D eigenvalue weighted by Gasteiger charge is 2.65. The van der Waals surface area contributed by atoms with Gasteiger partial charge in [0.2, 0.25) is 5.16 Å². The van der Waals surface area contributed by atoms with E-state index in [2.05, 4.69) is 15.2 Å². The highest BCUT2D eigenvalue weighted by atomic mass is 35.5. The van der Waals surface area contributed by atoms with E-state index in [1.165, 1.54) is 6.92 Å². The van der Waals surface area contributed by atoms with Gasteiger partial charge in [0, 0.05) is 18.4 Å². The number of hydrogen-bond acceptors (Lipinski definition) is 8. The van der Waals surface area contributed by atoms with Gasteiger partial charge in [0.15, 0.2) is 22.6 Å². The Morgan fingerprint density at radius 2 is 2.10 bits per heavy atom. The van der Waals surface area contributed by atoms with Crippen LogP contribution >= 0.6 is 23.4 Å². The molecule has 0 unspecified atom stereocenters. The molecule has 152 valence electrons. The topological polar surface area (TPSA) is 111 Å². The van der Waals surface area contributed by atoms with Gasteiger partial charge in [-0.2, -0.15) is 0 Å². The van der Waals surface area contributed by atoms with Gasteiger partial charge >= 0.3 is 11.9 Å². The Morgan fingerprint density at radius 1 is 1.34 bits per heavy atom. The van der Waals surface area contributed by atoms with Crippen LogP contribution in [0.2, 0.25) is 5.02 Å². The molecule has 0 amide bonds. The van der Waals surface area contributed by atoms with E-state index in [-0.39, 0.29) is 30.5 Å². The van der Waals surface area contributed by atoms with E-state index in [0.717, 1.165) is 11.8 Å². The summed E-state index contributed by atoms with van der Waals surface area (Å²) in [6, 6.07) is 7.20. The van der Waals surface area contributed by atoms with E-state index >= 15 is 0 Å². The molecule has 3 heterocycles. The van der Waals surface area contributed by atoms with E-state index in [0.29, 0.717) is 21.6 Å². The van der Waals surface area contributed by atoms with Crippen molar-refractivity contribution in [1.82, 2.24) is 15.2 Å². The zero-order valence-corrected chi connectivity index (χ0v) is 17.3. The third kappa shape index (κ3) is 3.42. The molecule has 2 fully saturated rings. The quantitative estimate of drug-likeness (QED) is 0.433. The van der Waals surface area contributed by atoms with Crippen molar-refractivity contribution in [3.8, 4) is 11.4 Å². The van der Waals surface area contributed by atoms with E-state index in [1.54, 1.807) is 13.0 Å². The molecular formula is C19H18ClN3O5S. The normalized spacial score (nSPS) is 28.6. The number of ketones is 1. The lowest BCUT2D eigenvalue weighted by Gasteiger charge is -2.20. The summed E-state index contributed by atoms with van der Waals surface area (Å²) in [6.45, 7) is 3.25. The fourth-order valence-electron chi connectivity index (χ4n) is 3.73. The Kier molecular flexibility index (Phi) is 4.90. The molecular weight excluding hydrogens is 418 g/mol. The van der Waals surface area contributed by atoms with Crippen molar-refractivity contribution in [3.05, 3.63) is 29.3 Å². The largest absolute Gasteiger partial charge is 0.462 e. The zero-order chi connectivity index (χ0) is 20.8. The van der Waals surface area contributed by atoms with E-state index in [4.69, 9.17) is 21.1 Å². The molecule has 0 bridgehead atoms. The summed E-state index contributed by atoms with van der Waals surface area (Å²) in [5.41, 5.74) is -2.06. The molecule has 3 atom stereocenters.